The molecule has 0 aromatic heterocycles. The summed E-state index contributed by atoms with van der Waals surface area (Å²) in [6.07, 6.45) is 2.64. The first-order chi connectivity index (χ1) is 15.5. The lowest BCUT2D eigenvalue weighted by Crippen LogP contribution is -2.34. The van der Waals surface area contributed by atoms with Gasteiger partial charge in [-0.2, -0.15) is 0 Å². The van der Waals surface area contributed by atoms with Gasteiger partial charge in [0.15, 0.2) is 0 Å². The van der Waals surface area contributed by atoms with Crippen molar-refractivity contribution in [2.24, 2.45) is 0 Å². The predicted octanol–water partition coefficient (Wildman–Crippen LogP) is 5.06. The summed E-state index contributed by atoms with van der Waals surface area (Å²) in [4.78, 5) is 28.0. The molecule has 0 aliphatic carbocycles. The van der Waals surface area contributed by atoms with Crippen LogP contribution in [0.25, 0.3) is 5.57 Å². The molecule has 0 saturated heterocycles. The Kier molecular flexibility index (Phi) is 8.31. The van der Waals surface area contributed by atoms with E-state index in [0.29, 0.717) is 47.2 Å². The Labute approximate surface area is 194 Å². The maximum absolute atomic E-state index is 13.4. The van der Waals surface area contributed by atoms with Gasteiger partial charge in [-0.3, -0.25) is 14.5 Å². The quantitative estimate of drug-likeness (QED) is 0.378. The van der Waals surface area contributed by atoms with Gasteiger partial charge in [-0.25, -0.2) is 0 Å². The first-order valence-corrected chi connectivity index (χ1v) is 11.2. The van der Waals surface area contributed by atoms with Crippen molar-refractivity contribution in [3.63, 3.8) is 0 Å². The van der Waals surface area contributed by atoms with Crippen LogP contribution < -0.4 is 10.1 Å². The SMILES string of the molecule is CCCCOCCCN1C(=O)C(Nc2ccc(Cl)cc2C)=C(c2ccccc2OC)C1=O. The van der Waals surface area contributed by atoms with Gasteiger partial charge in [-0.15, -0.1) is 0 Å². The number of rotatable bonds is 11. The minimum absolute atomic E-state index is 0.233. The largest absolute Gasteiger partial charge is 0.496 e. The van der Waals surface area contributed by atoms with Crippen LogP contribution in [0.1, 0.15) is 37.3 Å². The van der Waals surface area contributed by atoms with Crippen LogP contribution in [0.4, 0.5) is 5.69 Å². The number of carbonyl (C=O) groups excluding carboxylic acids is 2. The molecule has 0 unspecified atom stereocenters. The van der Waals surface area contributed by atoms with Crippen molar-refractivity contribution in [2.75, 3.05) is 32.2 Å². The highest BCUT2D eigenvalue weighted by Crippen LogP contribution is 2.36. The third kappa shape index (κ3) is 5.31. The standard InChI is InChI=1S/C25H29ClN2O4/c1-4-5-14-32-15-8-13-28-24(29)22(19-9-6-7-10-21(19)31-3)23(25(28)30)27-20-12-11-18(26)16-17(20)2/h6-7,9-12,16,27H,4-5,8,13-15H2,1-3H3. The molecule has 2 amide bonds. The summed E-state index contributed by atoms with van der Waals surface area (Å²) in [5.41, 5.74) is 2.68. The van der Waals surface area contributed by atoms with Gasteiger partial charge in [0, 0.05) is 36.0 Å². The van der Waals surface area contributed by atoms with E-state index in [1.165, 1.54) is 4.90 Å². The van der Waals surface area contributed by atoms with Gasteiger partial charge < -0.3 is 14.8 Å². The fourth-order valence-electron chi connectivity index (χ4n) is 3.57. The number of nitrogens with zero attached hydrogens (tertiary/aromatic N) is 1. The number of halogens is 1. The Bertz CT molecular complexity index is 1020. The van der Waals surface area contributed by atoms with Crippen LogP contribution in [0.5, 0.6) is 5.75 Å². The summed E-state index contributed by atoms with van der Waals surface area (Å²) in [6.45, 7) is 5.47. The number of amides is 2. The Morgan fingerprint density at radius 3 is 2.50 bits per heavy atom. The molecule has 7 heteroatoms. The number of anilines is 1. The Morgan fingerprint density at radius 1 is 1.03 bits per heavy atom. The molecule has 0 saturated carbocycles. The Balaban J connectivity index is 1.90. The van der Waals surface area contributed by atoms with Crippen molar-refractivity contribution >= 4 is 34.7 Å². The molecule has 0 spiro atoms. The number of imide groups is 1. The fraction of sp³-hybridized carbons (Fsp3) is 0.360. The van der Waals surface area contributed by atoms with Crippen molar-refractivity contribution in [2.45, 2.75) is 33.1 Å². The van der Waals surface area contributed by atoms with E-state index in [4.69, 9.17) is 21.1 Å². The maximum Gasteiger partial charge on any atom is 0.278 e. The topological polar surface area (TPSA) is 67.9 Å². The van der Waals surface area contributed by atoms with Crippen LogP contribution in [0, 0.1) is 6.92 Å². The van der Waals surface area contributed by atoms with Gasteiger partial charge in [-0.05, 0) is 49.6 Å². The molecule has 0 atom stereocenters. The van der Waals surface area contributed by atoms with Gasteiger partial charge in [0.25, 0.3) is 11.8 Å². The number of nitrogens with one attached hydrogen (secondary N) is 1. The molecular weight excluding hydrogens is 428 g/mol. The average Bonchev–Trinajstić information content (AvgIpc) is 3.01. The van der Waals surface area contributed by atoms with Crippen LogP contribution in [0.2, 0.25) is 5.02 Å². The molecule has 0 fully saturated rings. The summed E-state index contributed by atoms with van der Waals surface area (Å²) >= 11 is 6.08. The number of hydrogen-bond donors (Lipinski definition) is 1. The van der Waals surface area contributed by atoms with Gasteiger partial charge in [0.05, 0.1) is 12.7 Å². The van der Waals surface area contributed by atoms with E-state index in [1.54, 1.807) is 37.4 Å². The zero-order valence-electron chi connectivity index (χ0n) is 18.7. The van der Waals surface area contributed by atoms with Crippen molar-refractivity contribution in [1.29, 1.82) is 0 Å². The fourth-order valence-corrected chi connectivity index (χ4v) is 3.80. The highest BCUT2D eigenvalue weighted by molar-refractivity contribution is 6.37. The molecule has 1 heterocycles. The number of benzene rings is 2. The number of unbranched alkanes of at least 4 members (excludes halogenated alkanes) is 1. The van der Waals surface area contributed by atoms with E-state index < -0.39 is 0 Å². The average molecular weight is 457 g/mol. The smallest absolute Gasteiger partial charge is 0.278 e. The maximum atomic E-state index is 13.4. The van der Waals surface area contributed by atoms with E-state index in [-0.39, 0.29) is 24.1 Å². The third-order valence-electron chi connectivity index (χ3n) is 5.31. The summed E-state index contributed by atoms with van der Waals surface area (Å²) in [5, 5.41) is 3.79. The normalized spacial score (nSPS) is 13.8. The predicted molar refractivity (Wildman–Crippen MR) is 127 cm³/mol. The molecule has 170 valence electrons. The molecule has 32 heavy (non-hydrogen) atoms. The number of aryl methyl sites for hydroxylation is 1. The lowest BCUT2D eigenvalue weighted by atomic mass is 10.0. The van der Waals surface area contributed by atoms with Crippen LogP contribution in [-0.4, -0.2) is 43.6 Å². The zero-order valence-corrected chi connectivity index (χ0v) is 19.5. The van der Waals surface area contributed by atoms with Gasteiger partial charge in [-0.1, -0.05) is 43.1 Å². The lowest BCUT2D eigenvalue weighted by molar-refractivity contribution is -0.137. The highest BCUT2D eigenvalue weighted by atomic mass is 35.5. The highest BCUT2D eigenvalue weighted by Gasteiger charge is 2.40. The Hall–Kier alpha value is -2.83. The third-order valence-corrected chi connectivity index (χ3v) is 5.54. The minimum atomic E-state index is -0.362. The van der Waals surface area contributed by atoms with Crippen molar-refractivity contribution in [1.82, 2.24) is 4.90 Å². The first kappa shape index (κ1) is 23.8. The molecule has 2 aromatic rings. The van der Waals surface area contributed by atoms with E-state index in [9.17, 15) is 9.59 Å². The summed E-state index contributed by atoms with van der Waals surface area (Å²) in [5.74, 6) is -0.179. The lowest BCUT2D eigenvalue weighted by Gasteiger charge is -2.16. The molecule has 0 bridgehead atoms. The second kappa shape index (κ2) is 11.2. The van der Waals surface area contributed by atoms with Crippen LogP contribution in [0.15, 0.2) is 48.2 Å². The number of methoxy groups -OCH3 is 1. The van der Waals surface area contributed by atoms with Crippen LogP contribution in [-0.2, 0) is 14.3 Å². The van der Waals surface area contributed by atoms with Crippen molar-refractivity contribution in [3.05, 3.63) is 64.3 Å². The molecule has 6 nitrogen and oxygen atoms in total. The second-order valence-corrected chi connectivity index (χ2v) is 8.05. The number of carbonyl (C=O) groups is 2. The number of ether oxygens (including phenoxy) is 2. The van der Waals surface area contributed by atoms with Gasteiger partial charge in [0.2, 0.25) is 0 Å². The monoisotopic (exact) mass is 456 g/mol. The molecule has 1 aliphatic heterocycles. The minimum Gasteiger partial charge on any atom is -0.496 e. The van der Waals surface area contributed by atoms with Crippen molar-refractivity contribution < 1.29 is 19.1 Å². The molecule has 3 rings (SSSR count). The van der Waals surface area contributed by atoms with E-state index in [1.807, 2.05) is 19.1 Å². The zero-order chi connectivity index (χ0) is 23.1. The summed E-state index contributed by atoms with van der Waals surface area (Å²) in [6, 6.07) is 12.5. The number of hydrogen-bond acceptors (Lipinski definition) is 5. The van der Waals surface area contributed by atoms with Crippen molar-refractivity contribution in [3.8, 4) is 5.75 Å². The molecular formula is C25H29ClN2O4. The van der Waals surface area contributed by atoms with E-state index in [2.05, 4.69) is 12.2 Å². The van der Waals surface area contributed by atoms with E-state index in [0.717, 1.165) is 18.4 Å². The van der Waals surface area contributed by atoms with Crippen LogP contribution >= 0.6 is 11.6 Å². The Morgan fingerprint density at radius 2 is 1.78 bits per heavy atom. The van der Waals surface area contributed by atoms with Crippen LogP contribution in [0.3, 0.4) is 0 Å². The molecule has 1 aliphatic rings. The summed E-state index contributed by atoms with van der Waals surface area (Å²) < 4.78 is 11.1. The second-order valence-electron chi connectivity index (χ2n) is 7.62. The van der Waals surface area contributed by atoms with Gasteiger partial charge >= 0.3 is 0 Å². The van der Waals surface area contributed by atoms with Gasteiger partial charge in [0.1, 0.15) is 11.4 Å². The number of para-hydroxylation sites is 1. The molecule has 0 radical (unpaired) electrons. The van der Waals surface area contributed by atoms with E-state index >= 15 is 0 Å². The molecule has 1 N–H and O–H groups in total. The first-order valence-electron chi connectivity index (χ1n) is 10.8. The summed E-state index contributed by atoms with van der Waals surface area (Å²) in [7, 11) is 1.54. The molecule has 2 aromatic carbocycles.